The smallest absolute Gasteiger partial charge is 0.254 e. The molecule has 0 amide bonds. The lowest BCUT2D eigenvalue weighted by Gasteiger charge is -2.08. The molecule has 4 aromatic rings. The molecule has 0 aliphatic carbocycles. The molecule has 0 aliphatic heterocycles. The second-order valence-electron chi connectivity index (χ2n) is 7.66. The summed E-state index contributed by atoms with van der Waals surface area (Å²) in [4.78, 5) is 17.8. The Morgan fingerprint density at radius 2 is 1.42 bits per heavy atom. The van der Waals surface area contributed by atoms with Crippen molar-refractivity contribution < 1.29 is 14.3 Å². The van der Waals surface area contributed by atoms with Crippen molar-refractivity contribution >= 4 is 11.9 Å². The minimum absolute atomic E-state index is 0.178. The van der Waals surface area contributed by atoms with Crippen molar-refractivity contribution in [1.82, 2.24) is 14.8 Å². The molecule has 1 aromatic heterocycles. The summed E-state index contributed by atoms with van der Waals surface area (Å²) >= 11 is 0. The van der Waals surface area contributed by atoms with Crippen LogP contribution >= 0.6 is 0 Å². The van der Waals surface area contributed by atoms with Crippen LogP contribution in [0.1, 0.15) is 21.5 Å². The van der Waals surface area contributed by atoms with Gasteiger partial charge in [-0.2, -0.15) is 9.67 Å². The average molecular weight is 443 g/mol. The van der Waals surface area contributed by atoms with E-state index in [0.717, 1.165) is 33.8 Å². The third kappa shape index (κ3) is 5.38. The third-order valence-corrected chi connectivity index (χ3v) is 5.28. The number of rotatable bonds is 8. The van der Waals surface area contributed by atoms with Gasteiger partial charge in [-0.3, -0.25) is 4.79 Å². The zero-order chi connectivity index (χ0) is 23.2. The van der Waals surface area contributed by atoms with Gasteiger partial charge in [-0.15, -0.1) is 5.10 Å². The first-order valence-corrected chi connectivity index (χ1v) is 10.6. The molecule has 0 saturated heterocycles. The maximum absolute atomic E-state index is 13.2. The van der Waals surface area contributed by atoms with Crippen LogP contribution in [0.25, 0.3) is 11.4 Å². The molecule has 1 heterocycles. The van der Waals surface area contributed by atoms with Gasteiger partial charge in [-0.25, -0.2) is 0 Å². The number of nitrogens with one attached hydrogen (secondary N) is 1. The van der Waals surface area contributed by atoms with Crippen molar-refractivity contribution in [3.8, 4) is 22.9 Å². The molecule has 3 aromatic carbocycles. The summed E-state index contributed by atoms with van der Waals surface area (Å²) in [6, 6.07) is 23.1. The number of aryl methyl sites for hydroxylation is 1. The minimum atomic E-state index is -0.178. The Kier molecular flexibility index (Phi) is 6.69. The minimum Gasteiger partial charge on any atom is -0.497 e. The average Bonchev–Trinajstić information content (AvgIpc) is 3.28. The van der Waals surface area contributed by atoms with Gasteiger partial charge < -0.3 is 14.8 Å². The van der Waals surface area contributed by atoms with Crippen molar-refractivity contribution in [3.05, 3.63) is 89.5 Å². The molecular weight excluding hydrogens is 416 g/mol. The van der Waals surface area contributed by atoms with Crippen LogP contribution in [0.2, 0.25) is 0 Å². The highest BCUT2D eigenvalue weighted by Crippen LogP contribution is 2.21. The molecule has 0 unspecified atom stereocenters. The van der Waals surface area contributed by atoms with Crippen LogP contribution in [-0.2, 0) is 13.0 Å². The van der Waals surface area contributed by atoms with Crippen LogP contribution < -0.4 is 14.8 Å². The van der Waals surface area contributed by atoms with Crippen molar-refractivity contribution in [2.24, 2.45) is 0 Å². The quantitative estimate of drug-likeness (QED) is 0.424. The second-order valence-corrected chi connectivity index (χ2v) is 7.66. The second kappa shape index (κ2) is 9.99. The van der Waals surface area contributed by atoms with Gasteiger partial charge >= 0.3 is 0 Å². The van der Waals surface area contributed by atoms with Crippen molar-refractivity contribution in [2.45, 2.75) is 19.9 Å². The number of carbonyl (C=O) groups excluding carboxylic acids is 1. The van der Waals surface area contributed by atoms with Gasteiger partial charge in [0, 0.05) is 12.1 Å². The van der Waals surface area contributed by atoms with E-state index in [0.29, 0.717) is 18.3 Å². The topological polar surface area (TPSA) is 78.3 Å². The van der Waals surface area contributed by atoms with Crippen LogP contribution in [0.3, 0.4) is 0 Å². The fourth-order valence-corrected chi connectivity index (χ4v) is 3.34. The summed E-state index contributed by atoms with van der Waals surface area (Å²) in [5, 5.41) is 7.79. The first-order valence-electron chi connectivity index (χ1n) is 10.6. The number of benzene rings is 3. The number of carbonyl (C=O) groups is 1. The lowest BCUT2D eigenvalue weighted by Crippen LogP contribution is -2.18. The normalized spacial score (nSPS) is 10.6. The number of hydrogen-bond acceptors (Lipinski definition) is 6. The standard InChI is InChI=1S/C26H26N4O3/c1-18-4-10-21(11-5-18)25-28-26(27-17-20-8-14-23(33-3)15-9-20)30(29-25)24(31)16-19-6-12-22(32-2)13-7-19/h4-15H,16-17H2,1-3H3,(H,27,28,29). The van der Waals surface area contributed by atoms with Gasteiger partial charge in [-0.1, -0.05) is 54.1 Å². The highest BCUT2D eigenvalue weighted by Gasteiger charge is 2.18. The van der Waals surface area contributed by atoms with Gasteiger partial charge in [0.2, 0.25) is 5.95 Å². The Morgan fingerprint density at radius 1 is 0.848 bits per heavy atom. The maximum Gasteiger partial charge on any atom is 0.254 e. The van der Waals surface area contributed by atoms with Gasteiger partial charge in [-0.05, 0) is 42.3 Å². The molecule has 0 bridgehead atoms. The van der Waals surface area contributed by atoms with Crippen LogP contribution in [0.5, 0.6) is 11.5 Å². The van der Waals surface area contributed by atoms with Crippen LogP contribution in [0, 0.1) is 6.92 Å². The monoisotopic (exact) mass is 442 g/mol. The lowest BCUT2D eigenvalue weighted by molar-refractivity contribution is 0.0901. The number of aromatic nitrogens is 3. The van der Waals surface area contributed by atoms with Gasteiger partial charge in [0.05, 0.1) is 20.6 Å². The maximum atomic E-state index is 13.2. The summed E-state index contributed by atoms with van der Waals surface area (Å²) in [5.41, 5.74) is 3.90. The predicted octanol–water partition coefficient (Wildman–Crippen LogP) is 4.77. The summed E-state index contributed by atoms with van der Waals surface area (Å²) in [7, 11) is 3.25. The van der Waals surface area contributed by atoms with Crippen LogP contribution in [0.15, 0.2) is 72.8 Å². The molecule has 0 saturated carbocycles. The molecule has 0 fully saturated rings. The highest BCUT2D eigenvalue weighted by molar-refractivity contribution is 5.83. The van der Waals surface area contributed by atoms with E-state index in [1.165, 1.54) is 4.68 Å². The molecule has 0 atom stereocenters. The summed E-state index contributed by atoms with van der Waals surface area (Å²) < 4.78 is 11.8. The zero-order valence-corrected chi connectivity index (χ0v) is 18.9. The van der Waals surface area contributed by atoms with Gasteiger partial charge in [0.15, 0.2) is 5.82 Å². The van der Waals surface area contributed by atoms with E-state index in [2.05, 4.69) is 15.4 Å². The van der Waals surface area contributed by atoms with Gasteiger partial charge in [0.25, 0.3) is 5.91 Å². The Balaban J connectivity index is 1.59. The van der Waals surface area contributed by atoms with Crippen molar-refractivity contribution in [3.63, 3.8) is 0 Å². The van der Waals surface area contributed by atoms with Gasteiger partial charge in [0.1, 0.15) is 11.5 Å². The zero-order valence-electron chi connectivity index (χ0n) is 18.9. The number of methoxy groups -OCH3 is 2. The molecular formula is C26H26N4O3. The molecule has 168 valence electrons. The predicted molar refractivity (Wildman–Crippen MR) is 128 cm³/mol. The first kappa shape index (κ1) is 22.1. The molecule has 33 heavy (non-hydrogen) atoms. The van der Waals surface area contributed by atoms with E-state index in [1.807, 2.05) is 79.7 Å². The number of nitrogens with zero attached hydrogens (tertiary/aromatic N) is 3. The van der Waals surface area contributed by atoms with E-state index in [9.17, 15) is 4.79 Å². The van der Waals surface area contributed by atoms with Crippen LogP contribution in [0.4, 0.5) is 5.95 Å². The van der Waals surface area contributed by atoms with E-state index < -0.39 is 0 Å². The van der Waals surface area contributed by atoms with Crippen LogP contribution in [-0.4, -0.2) is 34.9 Å². The number of ether oxygens (including phenoxy) is 2. The molecule has 7 nitrogen and oxygen atoms in total. The largest absolute Gasteiger partial charge is 0.497 e. The van der Waals surface area contributed by atoms with Crippen molar-refractivity contribution in [2.75, 3.05) is 19.5 Å². The fraction of sp³-hybridized carbons (Fsp3) is 0.192. The summed E-state index contributed by atoms with van der Waals surface area (Å²) in [5.74, 6) is 2.26. The Labute approximate surface area is 193 Å². The van der Waals surface area contributed by atoms with E-state index in [1.54, 1.807) is 14.2 Å². The summed E-state index contributed by atoms with van der Waals surface area (Å²) in [6.45, 7) is 2.52. The summed E-state index contributed by atoms with van der Waals surface area (Å²) in [6.07, 6.45) is 0.192. The molecule has 0 spiro atoms. The van der Waals surface area contributed by atoms with E-state index in [-0.39, 0.29) is 12.3 Å². The Morgan fingerprint density at radius 3 is 2.00 bits per heavy atom. The lowest BCUT2D eigenvalue weighted by atomic mass is 10.1. The van der Waals surface area contributed by atoms with E-state index in [4.69, 9.17) is 9.47 Å². The van der Waals surface area contributed by atoms with Crippen molar-refractivity contribution in [1.29, 1.82) is 0 Å². The fourth-order valence-electron chi connectivity index (χ4n) is 3.34. The molecule has 7 heteroatoms. The Hall–Kier alpha value is -4.13. The molecule has 1 N–H and O–H groups in total. The van der Waals surface area contributed by atoms with E-state index >= 15 is 0 Å². The third-order valence-electron chi connectivity index (χ3n) is 5.28. The molecule has 0 radical (unpaired) electrons. The Bertz CT molecular complexity index is 1210. The molecule has 0 aliphatic rings. The SMILES string of the molecule is COc1ccc(CNc2nc(-c3ccc(C)cc3)nn2C(=O)Cc2ccc(OC)cc2)cc1. The number of hydrogen-bond donors (Lipinski definition) is 1. The molecule has 4 rings (SSSR count). The highest BCUT2D eigenvalue weighted by atomic mass is 16.5. The first-order chi connectivity index (χ1) is 16.1. The number of anilines is 1.